The van der Waals surface area contributed by atoms with Crippen LogP contribution in [0.25, 0.3) is 5.57 Å². The van der Waals surface area contributed by atoms with Crippen molar-refractivity contribution >= 4 is 21.4 Å². The first-order chi connectivity index (χ1) is 11.7. The zero-order valence-corrected chi connectivity index (χ0v) is 14.6. The van der Waals surface area contributed by atoms with Crippen LogP contribution in [0, 0.1) is 5.82 Å². The molecular weight excluding hydrogens is 343 g/mol. The summed E-state index contributed by atoms with van der Waals surface area (Å²) in [6.45, 7) is 3.25. The Kier molecular flexibility index (Phi) is 4.24. The van der Waals surface area contributed by atoms with Gasteiger partial charge in [-0.05, 0) is 55.3 Å². The van der Waals surface area contributed by atoms with Gasteiger partial charge in [-0.25, -0.2) is 17.6 Å². The fourth-order valence-electron chi connectivity index (χ4n) is 2.74. The second-order valence-electron chi connectivity index (χ2n) is 6.27. The molecule has 0 amide bonds. The van der Waals surface area contributed by atoms with E-state index in [-0.39, 0.29) is 11.5 Å². The maximum absolute atomic E-state index is 13.5. The lowest BCUT2D eigenvalue weighted by Gasteiger charge is -2.25. The number of carbonyl (C=O) groups is 1. The third kappa shape index (κ3) is 2.98. The van der Waals surface area contributed by atoms with E-state index in [9.17, 15) is 17.6 Å². The molecule has 0 N–H and O–H groups in total. The SMILES string of the molecule is CC(C)(c1cccc(F)c1)S(=O)(=O)c1cccc(C2=CCOC2=O)c1. The maximum Gasteiger partial charge on any atom is 0.338 e. The number of ether oxygens (including phenoxy) is 1. The Labute approximate surface area is 145 Å². The molecule has 1 aliphatic heterocycles. The molecule has 3 rings (SSSR count). The molecule has 2 aromatic carbocycles. The Morgan fingerprint density at radius 3 is 2.44 bits per heavy atom. The topological polar surface area (TPSA) is 60.4 Å². The van der Waals surface area contributed by atoms with Gasteiger partial charge in [0.1, 0.15) is 12.4 Å². The minimum Gasteiger partial charge on any atom is -0.458 e. The average Bonchev–Trinajstić information content (AvgIpc) is 3.01. The molecule has 0 radical (unpaired) electrons. The number of rotatable bonds is 4. The van der Waals surface area contributed by atoms with E-state index in [4.69, 9.17) is 4.74 Å². The van der Waals surface area contributed by atoms with Gasteiger partial charge in [0.15, 0.2) is 9.84 Å². The maximum atomic E-state index is 13.5. The number of hydrogen-bond donors (Lipinski definition) is 0. The molecule has 0 spiro atoms. The first-order valence-corrected chi connectivity index (χ1v) is 9.20. The van der Waals surface area contributed by atoms with Gasteiger partial charge in [0.2, 0.25) is 0 Å². The van der Waals surface area contributed by atoms with E-state index >= 15 is 0 Å². The van der Waals surface area contributed by atoms with Crippen molar-refractivity contribution in [2.45, 2.75) is 23.5 Å². The van der Waals surface area contributed by atoms with E-state index in [1.807, 2.05) is 0 Å². The summed E-state index contributed by atoms with van der Waals surface area (Å²) >= 11 is 0. The predicted octanol–water partition coefficient (Wildman–Crippen LogP) is 3.47. The van der Waals surface area contributed by atoms with Crippen LogP contribution in [0.3, 0.4) is 0 Å². The van der Waals surface area contributed by atoms with Gasteiger partial charge in [-0.3, -0.25) is 0 Å². The van der Waals surface area contributed by atoms with Gasteiger partial charge >= 0.3 is 5.97 Å². The zero-order chi connectivity index (χ0) is 18.2. The van der Waals surface area contributed by atoms with Crippen LogP contribution in [0.5, 0.6) is 0 Å². The molecule has 6 heteroatoms. The molecule has 2 aromatic rings. The third-order valence-electron chi connectivity index (χ3n) is 4.37. The van der Waals surface area contributed by atoms with E-state index in [1.165, 1.54) is 44.2 Å². The minimum atomic E-state index is -3.82. The van der Waals surface area contributed by atoms with Crippen LogP contribution in [0.4, 0.5) is 4.39 Å². The lowest BCUT2D eigenvalue weighted by Crippen LogP contribution is -2.29. The van der Waals surface area contributed by atoms with Crippen LogP contribution >= 0.6 is 0 Å². The molecule has 0 fully saturated rings. The summed E-state index contributed by atoms with van der Waals surface area (Å²) in [5, 5.41) is 0. The highest BCUT2D eigenvalue weighted by Crippen LogP contribution is 2.36. The van der Waals surface area contributed by atoms with E-state index in [0.717, 1.165) is 0 Å². The van der Waals surface area contributed by atoms with Gasteiger partial charge in [-0.1, -0.05) is 24.3 Å². The second-order valence-corrected chi connectivity index (χ2v) is 8.77. The standard InChI is InChI=1S/C19H17FO4S/c1-19(2,14-6-4-7-15(20)12-14)25(22,23)16-8-3-5-13(11-16)17-9-10-24-18(17)21/h3-9,11-12H,10H2,1-2H3. The molecule has 0 bridgehead atoms. The van der Waals surface area contributed by atoms with Crippen molar-refractivity contribution in [1.29, 1.82) is 0 Å². The van der Waals surface area contributed by atoms with Crippen LogP contribution in [-0.2, 0) is 24.1 Å². The number of hydrogen-bond acceptors (Lipinski definition) is 4. The number of sulfone groups is 1. The van der Waals surface area contributed by atoms with Gasteiger partial charge in [0.05, 0.1) is 15.2 Å². The fourth-order valence-corrected chi connectivity index (χ4v) is 4.31. The van der Waals surface area contributed by atoms with E-state index in [0.29, 0.717) is 16.7 Å². The van der Waals surface area contributed by atoms with Crippen molar-refractivity contribution in [3.63, 3.8) is 0 Å². The molecular formula is C19H17FO4S. The largest absolute Gasteiger partial charge is 0.458 e. The molecule has 130 valence electrons. The van der Waals surface area contributed by atoms with Crippen LogP contribution in [-0.4, -0.2) is 21.0 Å². The first-order valence-electron chi connectivity index (χ1n) is 7.72. The van der Waals surface area contributed by atoms with Gasteiger partial charge in [-0.15, -0.1) is 0 Å². The molecule has 1 aliphatic rings. The highest BCUT2D eigenvalue weighted by Gasteiger charge is 2.38. The minimum absolute atomic E-state index is 0.0693. The smallest absolute Gasteiger partial charge is 0.338 e. The van der Waals surface area contributed by atoms with Crippen LogP contribution in [0.2, 0.25) is 0 Å². The summed E-state index contributed by atoms with van der Waals surface area (Å²) < 4.78 is 43.4. The predicted molar refractivity (Wildman–Crippen MR) is 92.0 cm³/mol. The van der Waals surface area contributed by atoms with E-state index in [2.05, 4.69) is 0 Å². The number of esters is 1. The summed E-state index contributed by atoms with van der Waals surface area (Å²) in [6, 6.07) is 11.7. The number of cyclic esters (lactones) is 1. The summed E-state index contributed by atoms with van der Waals surface area (Å²) in [4.78, 5) is 11.8. The average molecular weight is 360 g/mol. The van der Waals surface area contributed by atoms with Crippen LogP contribution in [0.1, 0.15) is 25.0 Å². The van der Waals surface area contributed by atoms with Crippen molar-refractivity contribution < 1.29 is 22.3 Å². The molecule has 25 heavy (non-hydrogen) atoms. The Hall–Kier alpha value is -2.47. The summed E-state index contributed by atoms with van der Waals surface area (Å²) in [6.07, 6.45) is 1.62. The molecule has 0 saturated carbocycles. The van der Waals surface area contributed by atoms with Crippen molar-refractivity contribution in [1.82, 2.24) is 0 Å². The number of carbonyl (C=O) groups excluding carboxylic acids is 1. The summed E-state index contributed by atoms with van der Waals surface area (Å²) in [5.41, 5.74) is 1.19. The van der Waals surface area contributed by atoms with Crippen LogP contribution in [0.15, 0.2) is 59.5 Å². The number of halogens is 1. The molecule has 0 unspecified atom stereocenters. The third-order valence-corrected chi connectivity index (χ3v) is 6.82. The van der Waals surface area contributed by atoms with E-state index < -0.39 is 26.4 Å². The number of benzene rings is 2. The molecule has 0 aromatic heterocycles. The Morgan fingerprint density at radius 2 is 1.80 bits per heavy atom. The first kappa shape index (κ1) is 17.4. The van der Waals surface area contributed by atoms with Crippen molar-refractivity contribution in [3.05, 3.63) is 71.6 Å². The van der Waals surface area contributed by atoms with Crippen molar-refractivity contribution in [3.8, 4) is 0 Å². The summed E-state index contributed by atoms with van der Waals surface area (Å²) in [7, 11) is -3.82. The van der Waals surface area contributed by atoms with Crippen molar-refractivity contribution in [2.24, 2.45) is 0 Å². The summed E-state index contributed by atoms with van der Waals surface area (Å²) in [5.74, 6) is -0.965. The Bertz CT molecular complexity index is 974. The lowest BCUT2D eigenvalue weighted by molar-refractivity contribution is -0.133. The Morgan fingerprint density at radius 1 is 1.08 bits per heavy atom. The highest BCUT2D eigenvalue weighted by atomic mass is 32.2. The molecule has 0 aliphatic carbocycles. The lowest BCUT2D eigenvalue weighted by atomic mass is 10.0. The fraction of sp³-hybridized carbons (Fsp3) is 0.211. The molecule has 0 saturated heterocycles. The highest BCUT2D eigenvalue weighted by molar-refractivity contribution is 7.92. The molecule has 0 atom stereocenters. The normalized spacial score (nSPS) is 15.0. The second kappa shape index (κ2) is 6.11. The quantitative estimate of drug-likeness (QED) is 0.784. The molecule has 1 heterocycles. The van der Waals surface area contributed by atoms with Gasteiger partial charge in [0.25, 0.3) is 0 Å². The van der Waals surface area contributed by atoms with E-state index in [1.54, 1.807) is 24.3 Å². The van der Waals surface area contributed by atoms with Gasteiger partial charge in [-0.2, -0.15) is 0 Å². The van der Waals surface area contributed by atoms with Crippen molar-refractivity contribution in [2.75, 3.05) is 6.61 Å². The Balaban J connectivity index is 2.07. The van der Waals surface area contributed by atoms with Gasteiger partial charge in [0, 0.05) is 0 Å². The zero-order valence-electron chi connectivity index (χ0n) is 13.8. The monoisotopic (exact) mass is 360 g/mol. The van der Waals surface area contributed by atoms with Gasteiger partial charge < -0.3 is 4.74 Å². The van der Waals surface area contributed by atoms with Crippen LogP contribution < -0.4 is 0 Å². The molecule has 4 nitrogen and oxygen atoms in total.